The highest BCUT2D eigenvalue weighted by atomic mass is 32.2. The molecule has 2 aliphatic rings. The monoisotopic (exact) mass is 495 g/mol. The molecule has 0 unspecified atom stereocenters. The number of sulfonamides is 2. The van der Waals surface area contributed by atoms with E-state index >= 15 is 0 Å². The summed E-state index contributed by atoms with van der Waals surface area (Å²) in [6.45, 7) is 0.679. The average molecular weight is 496 g/mol. The second-order valence-corrected chi connectivity index (χ2v) is 11.2. The zero-order valence-electron chi connectivity index (χ0n) is 17.6. The van der Waals surface area contributed by atoms with E-state index in [1.54, 1.807) is 0 Å². The number of fused-ring (bicyclic) bond motifs is 1. The summed E-state index contributed by atoms with van der Waals surface area (Å²) in [5.41, 5.74) is -0.0195. The van der Waals surface area contributed by atoms with Crippen LogP contribution in [-0.2, 0) is 24.8 Å². The van der Waals surface area contributed by atoms with Crippen LogP contribution in [0.1, 0.15) is 10.4 Å². The molecule has 1 saturated heterocycles. The van der Waals surface area contributed by atoms with Crippen LogP contribution >= 0.6 is 0 Å². The van der Waals surface area contributed by atoms with Gasteiger partial charge in [-0.1, -0.05) is 0 Å². The summed E-state index contributed by atoms with van der Waals surface area (Å²) in [5, 5.41) is 2.55. The van der Waals surface area contributed by atoms with Crippen LogP contribution in [0.3, 0.4) is 0 Å². The van der Waals surface area contributed by atoms with E-state index in [4.69, 9.17) is 9.47 Å². The molecule has 2 amide bonds. The topological polar surface area (TPSA) is 139 Å². The molecule has 2 aliphatic heterocycles. The van der Waals surface area contributed by atoms with Gasteiger partial charge in [0.2, 0.25) is 15.9 Å². The first kappa shape index (κ1) is 23.0. The van der Waals surface area contributed by atoms with Crippen LogP contribution < -0.4 is 14.8 Å². The second-order valence-electron chi connectivity index (χ2n) is 7.30. The van der Waals surface area contributed by atoms with E-state index in [0.29, 0.717) is 16.7 Å². The Labute approximate surface area is 191 Å². The van der Waals surface area contributed by atoms with Gasteiger partial charge in [-0.3, -0.25) is 9.59 Å². The Kier molecular flexibility index (Phi) is 6.03. The number of carbonyl (C=O) groups is 2. The molecule has 1 N–H and O–H groups in total. The summed E-state index contributed by atoms with van der Waals surface area (Å²) < 4.78 is 63.8. The highest BCUT2D eigenvalue weighted by Crippen LogP contribution is 2.33. The second kappa shape index (κ2) is 8.65. The smallest absolute Gasteiger partial charge is 0.267 e. The number of piperazine rings is 1. The number of rotatable bonds is 5. The predicted molar refractivity (Wildman–Crippen MR) is 115 cm³/mol. The molecule has 11 nitrogen and oxygen atoms in total. The van der Waals surface area contributed by atoms with E-state index in [9.17, 15) is 26.4 Å². The lowest BCUT2D eigenvalue weighted by Gasteiger charge is -2.26. The lowest BCUT2D eigenvalue weighted by Crippen LogP contribution is -2.49. The van der Waals surface area contributed by atoms with Crippen molar-refractivity contribution in [2.24, 2.45) is 0 Å². The summed E-state index contributed by atoms with van der Waals surface area (Å²) in [4.78, 5) is 24.1. The van der Waals surface area contributed by atoms with Crippen molar-refractivity contribution < 1.29 is 35.9 Å². The van der Waals surface area contributed by atoms with Crippen LogP contribution in [-0.4, -0.2) is 77.2 Å². The summed E-state index contributed by atoms with van der Waals surface area (Å²) in [7, 11) is -7.02. The number of ether oxygens (including phenoxy) is 2. The van der Waals surface area contributed by atoms with Crippen molar-refractivity contribution in [3.05, 3.63) is 48.0 Å². The SMILES string of the molecule is CN(C(=O)c1ccc(S(=O)(=O)N2CCNC(=O)C2)cc1)S(=O)(=O)c1ccc2c(c1)OCCO2. The minimum Gasteiger partial charge on any atom is -0.486 e. The van der Waals surface area contributed by atoms with E-state index < -0.39 is 31.9 Å². The molecule has 0 spiro atoms. The molecule has 0 saturated carbocycles. The number of nitrogens with zero attached hydrogens (tertiary/aromatic N) is 2. The Morgan fingerprint density at radius 3 is 2.27 bits per heavy atom. The number of hydrogen-bond donors (Lipinski definition) is 1. The fraction of sp³-hybridized carbons (Fsp3) is 0.300. The molecular formula is C20H21N3O8S2. The van der Waals surface area contributed by atoms with Crippen LogP contribution in [0.4, 0.5) is 0 Å². The van der Waals surface area contributed by atoms with Gasteiger partial charge in [0.1, 0.15) is 13.2 Å². The highest BCUT2D eigenvalue weighted by molar-refractivity contribution is 7.89. The molecule has 4 rings (SSSR count). The maximum atomic E-state index is 13.0. The lowest BCUT2D eigenvalue weighted by molar-refractivity contribution is -0.122. The predicted octanol–water partition coefficient (Wildman–Crippen LogP) is 0.0392. The molecule has 0 aliphatic carbocycles. The Hall–Kier alpha value is -3.16. The van der Waals surface area contributed by atoms with Crippen molar-refractivity contribution in [1.29, 1.82) is 0 Å². The van der Waals surface area contributed by atoms with Crippen molar-refractivity contribution in [2.75, 3.05) is 39.9 Å². The number of hydrogen-bond acceptors (Lipinski definition) is 8. The first-order valence-electron chi connectivity index (χ1n) is 9.90. The summed E-state index contributed by atoms with van der Waals surface area (Å²) in [6.07, 6.45) is 0. The lowest BCUT2D eigenvalue weighted by atomic mass is 10.2. The van der Waals surface area contributed by atoms with Gasteiger partial charge in [-0.2, -0.15) is 4.31 Å². The van der Waals surface area contributed by atoms with Crippen molar-refractivity contribution >= 4 is 31.9 Å². The molecule has 0 aromatic heterocycles. The van der Waals surface area contributed by atoms with Gasteiger partial charge in [-0.25, -0.2) is 21.1 Å². The number of carbonyl (C=O) groups excluding carboxylic acids is 2. The highest BCUT2D eigenvalue weighted by Gasteiger charge is 2.31. The molecule has 13 heteroatoms. The van der Waals surface area contributed by atoms with E-state index in [-0.39, 0.29) is 47.3 Å². The summed E-state index contributed by atoms with van der Waals surface area (Å²) in [6, 6.07) is 8.94. The molecule has 2 heterocycles. The number of amides is 2. The van der Waals surface area contributed by atoms with Gasteiger partial charge < -0.3 is 14.8 Å². The molecular weight excluding hydrogens is 474 g/mol. The molecule has 2 aromatic carbocycles. The molecule has 33 heavy (non-hydrogen) atoms. The third-order valence-corrected chi connectivity index (χ3v) is 8.80. The van der Waals surface area contributed by atoms with E-state index in [0.717, 1.165) is 11.4 Å². The van der Waals surface area contributed by atoms with Gasteiger partial charge in [0.05, 0.1) is 16.3 Å². The van der Waals surface area contributed by atoms with Crippen LogP contribution in [0.25, 0.3) is 0 Å². The quantitative estimate of drug-likeness (QED) is 0.613. The first-order valence-corrected chi connectivity index (χ1v) is 12.8. The zero-order chi connectivity index (χ0) is 23.8. The van der Waals surface area contributed by atoms with Gasteiger partial charge in [0.25, 0.3) is 15.9 Å². The minimum atomic E-state index is -4.20. The molecule has 176 valence electrons. The van der Waals surface area contributed by atoms with Gasteiger partial charge >= 0.3 is 0 Å². The van der Waals surface area contributed by atoms with E-state index in [2.05, 4.69) is 5.32 Å². The molecule has 0 radical (unpaired) electrons. The molecule has 2 aromatic rings. The third-order valence-electron chi connectivity index (χ3n) is 5.20. The zero-order valence-corrected chi connectivity index (χ0v) is 19.2. The normalized spacial score (nSPS) is 16.7. The largest absolute Gasteiger partial charge is 0.486 e. The Balaban J connectivity index is 1.54. The Morgan fingerprint density at radius 2 is 1.61 bits per heavy atom. The summed E-state index contributed by atoms with van der Waals surface area (Å²) in [5.74, 6) is -0.560. The van der Waals surface area contributed by atoms with Crippen molar-refractivity contribution in [1.82, 2.24) is 13.9 Å². The van der Waals surface area contributed by atoms with Crippen LogP contribution in [0.5, 0.6) is 11.5 Å². The maximum Gasteiger partial charge on any atom is 0.267 e. The van der Waals surface area contributed by atoms with Crippen LogP contribution in [0.2, 0.25) is 0 Å². The molecule has 1 fully saturated rings. The maximum absolute atomic E-state index is 13.0. The van der Waals surface area contributed by atoms with Crippen molar-refractivity contribution in [2.45, 2.75) is 9.79 Å². The van der Waals surface area contributed by atoms with Gasteiger partial charge in [-0.05, 0) is 36.4 Å². The molecule has 0 bridgehead atoms. The number of nitrogens with one attached hydrogen (secondary N) is 1. The van der Waals surface area contributed by atoms with Crippen molar-refractivity contribution in [3.8, 4) is 11.5 Å². The van der Waals surface area contributed by atoms with E-state index in [1.807, 2.05) is 0 Å². The first-order chi connectivity index (χ1) is 15.6. The van der Waals surface area contributed by atoms with E-state index in [1.165, 1.54) is 42.5 Å². The van der Waals surface area contributed by atoms with Crippen LogP contribution in [0, 0.1) is 0 Å². The number of benzene rings is 2. The third kappa shape index (κ3) is 4.38. The Morgan fingerprint density at radius 1 is 0.970 bits per heavy atom. The van der Waals surface area contributed by atoms with Crippen molar-refractivity contribution in [3.63, 3.8) is 0 Å². The Bertz CT molecular complexity index is 1310. The average Bonchev–Trinajstić information content (AvgIpc) is 2.82. The fourth-order valence-corrected chi connectivity index (χ4v) is 5.91. The van der Waals surface area contributed by atoms with Crippen LogP contribution in [0.15, 0.2) is 52.3 Å². The van der Waals surface area contributed by atoms with Gasteiger partial charge in [0, 0.05) is 31.8 Å². The standard InChI is InChI=1S/C20H21N3O8S2/c1-22(32(26,27)16-6-7-17-18(12-16)31-11-10-30-17)20(25)14-2-4-15(5-3-14)33(28,29)23-9-8-21-19(24)13-23/h2-7,12H,8-11,13H2,1H3,(H,21,24). The molecule has 0 atom stereocenters. The minimum absolute atomic E-state index is 0.0195. The van der Waals surface area contributed by atoms with Gasteiger partial charge in [-0.15, -0.1) is 0 Å². The fourth-order valence-electron chi connectivity index (χ4n) is 3.37. The summed E-state index contributed by atoms with van der Waals surface area (Å²) >= 11 is 0. The van der Waals surface area contributed by atoms with Gasteiger partial charge in [0.15, 0.2) is 11.5 Å².